The number of unbranched alkanes of at least 4 members (excludes halogenated alkanes) is 1. The summed E-state index contributed by atoms with van der Waals surface area (Å²) >= 11 is 0. The van der Waals surface area contributed by atoms with Crippen LogP contribution in [0.2, 0.25) is 0 Å². The zero-order chi connectivity index (χ0) is 15.8. The van der Waals surface area contributed by atoms with Gasteiger partial charge in [0.2, 0.25) is 0 Å². The average molecular weight is 298 g/mol. The van der Waals surface area contributed by atoms with E-state index in [0.717, 1.165) is 18.9 Å². The van der Waals surface area contributed by atoms with Crippen LogP contribution in [0.3, 0.4) is 0 Å². The molecular weight excluding hydrogens is 275 g/mol. The van der Waals surface area contributed by atoms with Crippen molar-refractivity contribution in [1.82, 2.24) is 0 Å². The molecule has 1 aromatic rings. The molecule has 21 heavy (non-hydrogen) atoms. The number of nitrogens with one attached hydrogen (secondary N) is 1. The first kappa shape index (κ1) is 17.2. The summed E-state index contributed by atoms with van der Waals surface area (Å²) in [7, 11) is 1.26. The van der Waals surface area contributed by atoms with E-state index in [1.165, 1.54) is 13.2 Å². The number of methoxy groups -OCH3 is 1. The van der Waals surface area contributed by atoms with Gasteiger partial charge in [-0.05, 0) is 38.8 Å². The second-order valence-corrected chi connectivity index (χ2v) is 4.96. The van der Waals surface area contributed by atoms with Crippen LogP contribution in [0.1, 0.15) is 37.0 Å². The maximum Gasteiger partial charge on any atom is 0.340 e. The summed E-state index contributed by atoms with van der Waals surface area (Å²) in [6.45, 7) is 5.23. The van der Waals surface area contributed by atoms with Crippen molar-refractivity contribution in [1.29, 1.82) is 0 Å². The average Bonchev–Trinajstić information content (AvgIpc) is 2.43. The Morgan fingerprint density at radius 2 is 2.10 bits per heavy atom. The van der Waals surface area contributed by atoms with E-state index in [4.69, 9.17) is 10.5 Å². The van der Waals surface area contributed by atoms with Crippen LogP contribution < -0.4 is 11.1 Å². The van der Waals surface area contributed by atoms with Gasteiger partial charge in [0.15, 0.2) is 0 Å². The number of nitrogen functional groups attached to an aromatic ring is 1. The van der Waals surface area contributed by atoms with Gasteiger partial charge in [-0.1, -0.05) is 0 Å². The van der Waals surface area contributed by atoms with E-state index in [1.54, 1.807) is 0 Å². The first-order valence-electron chi connectivity index (χ1n) is 6.98. The van der Waals surface area contributed by atoms with E-state index in [2.05, 4.69) is 10.1 Å². The highest BCUT2D eigenvalue weighted by atomic mass is 19.1. The van der Waals surface area contributed by atoms with Crippen molar-refractivity contribution < 1.29 is 18.7 Å². The van der Waals surface area contributed by atoms with Gasteiger partial charge in [-0.25, -0.2) is 9.18 Å². The fourth-order valence-electron chi connectivity index (χ4n) is 1.78. The van der Waals surface area contributed by atoms with Crippen molar-refractivity contribution in [3.8, 4) is 0 Å². The molecule has 1 aromatic carbocycles. The summed E-state index contributed by atoms with van der Waals surface area (Å²) in [5.41, 5.74) is 6.07. The van der Waals surface area contributed by atoms with Crippen LogP contribution in [0, 0.1) is 5.82 Å². The molecule has 3 N–H and O–H groups in total. The van der Waals surface area contributed by atoms with Crippen molar-refractivity contribution >= 4 is 17.3 Å². The standard InChI is InChI=1S/C15H23FN2O3/c1-10(2)21-7-5-4-6-18-14-8-11(15(19)20-3)13(17)9-12(14)16/h8-10,18H,4-7,17H2,1-3H3. The number of hydrogen-bond donors (Lipinski definition) is 2. The zero-order valence-electron chi connectivity index (χ0n) is 12.7. The lowest BCUT2D eigenvalue weighted by Crippen LogP contribution is -2.10. The second-order valence-electron chi connectivity index (χ2n) is 4.96. The molecule has 0 bridgehead atoms. The number of carbonyl (C=O) groups excluding carboxylic acids is 1. The van der Waals surface area contributed by atoms with Gasteiger partial charge in [0.1, 0.15) is 5.82 Å². The number of halogens is 1. The Kier molecular flexibility index (Phi) is 6.94. The third kappa shape index (κ3) is 5.59. The number of rotatable bonds is 8. The maximum absolute atomic E-state index is 13.8. The molecule has 0 aliphatic rings. The van der Waals surface area contributed by atoms with Crippen molar-refractivity contribution in [3.05, 3.63) is 23.5 Å². The van der Waals surface area contributed by atoms with Gasteiger partial charge >= 0.3 is 5.97 Å². The van der Waals surface area contributed by atoms with E-state index in [-0.39, 0.29) is 23.0 Å². The number of benzene rings is 1. The Morgan fingerprint density at radius 1 is 1.38 bits per heavy atom. The Morgan fingerprint density at radius 3 is 2.71 bits per heavy atom. The fraction of sp³-hybridized carbons (Fsp3) is 0.533. The monoisotopic (exact) mass is 298 g/mol. The second kappa shape index (κ2) is 8.46. The Bertz CT molecular complexity index is 478. The maximum atomic E-state index is 13.8. The first-order valence-corrected chi connectivity index (χ1v) is 6.98. The normalized spacial score (nSPS) is 10.7. The molecule has 0 spiro atoms. The third-order valence-corrected chi connectivity index (χ3v) is 2.88. The molecule has 0 fully saturated rings. The summed E-state index contributed by atoms with van der Waals surface area (Å²) in [6.07, 6.45) is 1.94. The predicted molar refractivity (Wildman–Crippen MR) is 81.0 cm³/mol. The number of nitrogens with two attached hydrogens (primary N) is 1. The van der Waals surface area contributed by atoms with E-state index >= 15 is 0 Å². The fourth-order valence-corrected chi connectivity index (χ4v) is 1.78. The molecular formula is C15H23FN2O3. The molecule has 0 radical (unpaired) electrons. The number of carbonyl (C=O) groups is 1. The minimum absolute atomic E-state index is 0.0650. The quantitative estimate of drug-likeness (QED) is 0.438. The van der Waals surface area contributed by atoms with E-state index in [1.807, 2.05) is 13.8 Å². The molecule has 5 nitrogen and oxygen atoms in total. The van der Waals surface area contributed by atoms with Crippen molar-refractivity contribution in [2.45, 2.75) is 32.8 Å². The van der Waals surface area contributed by atoms with E-state index < -0.39 is 11.8 Å². The molecule has 6 heteroatoms. The van der Waals surface area contributed by atoms with Crippen LogP contribution >= 0.6 is 0 Å². The lowest BCUT2D eigenvalue weighted by molar-refractivity contribution is 0.0602. The summed E-state index contributed by atoms with van der Waals surface area (Å²) in [5, 5.41) is 2.95. The van der Waals surface area contributed by atoms with Crippen molar-refractivity contribution in [2.75, 3.05) is 31.3 Å². The smallest absolute Gasteiger partial charge is 0.340 e. The van der Waals surface area contributed by atoms with Crippen molar-refractivity contribution in [3.63, 3.8) is 0 Å². The number of esters is 1. The van der Waals surface area contributed by atoms with Gasteiger partial charge in [-0.3, -0.25) is 0 Å². The van der Waals surface area contributed by atoms with Crippen LogP contribution in [0.15, 0.2) is 12.1 Å². The molecule has 118 valence electrons. The zero-order valence-corrected chi connectivity index (χ0v) is 12.7. The molecule has 1 rings (SSSR count). The lowest BCUT2D eigenvalue weighted by atomic mass is 10.1. The first-order chi connectivity index (χ1) is 9.95. The van der Waals surface area contributed by atoms with Crippen LogP contribution in [0.5, 0.6) is 0 Å². The van der Waals surface area contributed by atoms with Gasteiger partial charge in [0, 0.05) is 18.8 Å². The topological polar surface area (TPSA) is 73.6 Å². The van der Waals surface area contributed by atoms with Crippen LogP contribution in [0.25, 0.3) is 0 Å². The molecule has 0 aliphatic carbocycles. The Hall–Kier alpha value is -1.82. The summed E-state index contributed by atoms with van der Waals surface area (Å²) in [4.78, 5) is 11.5. The molecule has 0 saturated heterocycles. The van der Waals surface area contributed by atoms with Gasteiger partial charge in [0.25, 0.3) is 0 Å². The molecule has 0 aliphatic heterocycles. The van der Waals surface area contributed by atoms with E-state index in [9.17, 15) is 9.18 Å². The summed E-state index contributed by atoms with van der Waals surface area (Å²) in [5.74, 6) is -1.07. The lowest BCUT2D eigenvalue weighted by Gasteiger charge is -2.11. The molecule has 0 amide bonds. The SMILES string of the molecule is COC(=O)c1cc(NCCCCOC(C)C)c(F)cc1N. The molecule has 0 saturated carbocycles. The number of ether oxygens (including phenoxy) is 2. The highest BCUT2D eigenvalue weighted by Gasteiger charge is 2.14. The molecule has 0 aromatic heterocycles. The van der Waals surface area contributed by atoms with Crippen LogP contribution in [-0.2, 0) is 9.47 Å². The minimum atomic E-state index is -0.583. The third-order valence-electron chi connectivity index (χ3n) is 2.88. The number of hydrogen-bond acceptors (Lipinski definition) is 5. The Balaban J connectivity index is 2.53. The Labute approximate surface area is 124 Å². The van der Waals surface area contributed by atoms with Gasteiger partial charge < -0.3 is 20.5 Å². The summed E-state index contributed by atoms with van der Waals surface area (Å²) in [6, 6.07) is 2.50. The largest absolute Gasteiger partial charge is 0.465 e. The van der Waals surface area contributed by atoms with Gasteiger partial charge in [-0.2, -0.15) is 0 Å². The predicted octanol–water partition coefficient (Wildman–Crippen LogP) is 2.81. The highest BCUT2D eigenvalue weighted by molar-refractivity contribution is 5.96. The number of anilines is 2. The van der Waals surface area contributed by atoms with E-state index in [0.29, 0.717) is 13.2 Å². The molecule has 0 unspecified atom stereocenters. The minimum Gasteiger partial charge on any atom is -0.465 e. The van der Waals surface area contributed by atoms with Crippen LogP contribution in [0.4, 0.5) is 15.8 Å². The molecule has 0 atom stereocenters. The molecule has 0 heterocycles. The van der Waals surface area contributed by atoms with Gasteiger partial charge in [0.05, 0.1) is 24.5 Å². The van der Waals surface area contributed by atoms with Crippen molar-refractivity contribution in [2.24, 2.45) is 0 Å². The van der Waals surface area contributed by atoms with Crippen LogP contribution in [-0.4, -0.2) is 32.3 Å². The highest BCUT2D eigenvalue weighted by Crippen LogP contribution is 2.23. The summed E-state index contributed by atoms with van der Waals surface area (Å²) < 4.78 is 23.8. The van der Waals surface area contributed by atoms with Gasteiger partial charge in [-0.15, -0.1) is 0 Å².